The third-order valence-electron chi connectivity index (χ3n) is 7.37. The number of carbonyl (C=O) groups is 1. The Labute approximate surface area is 210 Å². The van der Waals surface area contributed by atoms with Crippen molar-refractivity contribution in [3.05, 3.63) is 45.9 Å². The molecule has 5 heterocycles. The molecular formula is C24H29F3N8O2. The van der Waals surface area contributed by atoms with Crippen LogP contribution in [0.3, 0.4) is 0 Å². The highest BCUT2D eigenvalue weighted by molar-refractivity contribution is 5.92. The number of likely N-dealkylation sites (tertiary alicyclic amines) is 1. The average molecular weight is 519 g/mol. The highest BCUT2D eigenvalue weighted by atomic mass is 19.4. The number of carbonyl (C=O) groups excluding carboxylic acids is 1. The maximum Gasteiger partial charge on any atom is 0.436 e. The number of aromatic amines is 1. The number of nitrogens with one attached hydrogen (secondary N) is 2. The van der Waals surface area contributed by atoms with Gasteiger partial charge in [-0.15, -0.1) is 0 Å². The van der Waals surface area contributed by atoms with Crippen molar-refractivity contribution < 1.29 is 18.0 Å². The molecule has 1 amide bonds. The highest BCUT2D eigenvalue weighted by Crippen LogP contribution is 2.33. The van der Waals surface area contributed by atoms with Crippen LogP contribution in [0.5, 0.6) is 0 Å². The van der Waals surface area contributed by atoms with Crippen molar-refractivity contribution in [3.8, 4) is 0 Å². The maximum absolute atomic E-state index is 13.3. The second-order valence-corrected chi connectivity index (χ2v) is 9.65. The Bertz CT molecular complexity index is 1340. The number of anilines is 1. The summed E-state index contributed by atoms with van der Waals surface area (Å²) in [6.45, 7) is 3.32. The topological polar surface area (TPSA) is 112 Å². The van der Waals surface area contributed by atoms with Crippen molar-refractivity contribution in [3.63, 3.8) is 0 Å². The first-order chi connectivity index (χ1) is 17.7. The average Bonchev–Trinajstić information content (AvgIpc) is 3.26. The van der Waals surface area contributed by atoms with Gasteiger partial charge >= 0.3 is 6.18 Å². The van der Waals surface area contributed by atoms with Crippen molar-refractivity contribution in [2.24, 2.45) is 7.05 Å². The highest BCUT2D eigenvalue weighted by Gasteiger charge is 2.39. The van der Waals surface area contributed by atoms with E-state index >= 15 is 0 Å². The van der Waals surface area contributed by atoms with Gasteiger partial charge in [-0.3, -0.25) is 14.5 Å². The molecule has 37 heavy (non-hydrogen) atoms. The number of H-pyrrole nitrogens is 1. The van der Waals surface area contributed by atoms with Crippen LogP contribution in [0.15, 0.2) is 23.1 Å². The largest absolute Gasteiger partial charge is 0.436 e. The molecule has 2 saturated heterocycles. The molecule has 0 saturated carbocycles. The Hall–Kier alpha value is -3.48. The number of alkyl halides is 3. The molecule has 2 N–H and O–H groups in total. The maximum atomic E-state index is 13.3. The summed E-state index contributed by atoms with van der Waals surface area (Å²) in [5.41, 5.74) is -0.701. The third-order valence-corrected chi connectivity index (χ3v) is 7.37. The first-order valence-corrected chi connectivity index (χ1v) is 12.4. The molecule has 3 aromatic rings. The molecule has 3 aromatic heterocycles. The summed E-state index contributed by atoms with van der Waals surface area (Å²) in [6.07, 6.45) is 0.609. The zero-order chi connectivity index (χ0) is 26.3. The lowest BCUT2D eigenvalue weighted by Crippen LogP contribution is -2.48. The fourth-order valence-corrected chi connectivity index (χ4v) is 5.45. The van der Waals surface area contributed by atoms with Gasteiger partial charge in [-0.1, -0.05) is 0 Å². The Kier molecular flexibility index (Phi) is 6.65. The van der Waals surface area contributed by atoms with Crippen molar-refractivity contribution >= 4 is 22.6 Å². The van der Waals surface area contributed by atoms with Crippen molar-refractivity contribution in [2.75, 3.05) is 38.1 Å². The molecule has 1 unspecified atom stereocenters. The summed E-state index contributed by atoms with van der Waals surface area (Å²) in [6, 6.07) is 4.00. The number of rotatable bonds is 4. The van der Waals surface area contributed by atoms with Gasteiger partial charge in [0.2, 0.25) is 0 Å². The summed E-state index contributed by atoms with van der Waals surface area (Å²) < 4.78 is 41.0. The van der Waals surface area contributed by atoms with E-state index in [1.54, 1.807) is 19.3 Å². The summed E-state index contributed by atoms with van der Waals surface area (Å²) in [5.74, 6) is 0.122. The van der Waals surface area contributed by atoms with Crippen LogP contribution in [0.1, 0.15) is 53.6 Å². The molecule has 0 spiro atoms. The van der Waals surface area contributed by atoms with Gasteiger partial charge < -0.3 is 15.2 Å². The number of fused-ring (bicyclic) bond motifs is 1. The minimum Gasteiger partial charge on any atom is -0.370 e. The number of amides is 1. The van der Waals surface area contributed by atoms with Gasteiger partial charge in [-0.05, 0) is 44.4 Å². The SMILES string of the molecule is CNC(=O)c1ccc(N2CCC(N3CCCC(c4nc5c(c(C(F)(F)F)nn5C)c(=O)[nH]4)C3)CC2)cn1. The van der Waals surface area contributed by atoms with Crippen LogP contribution in [0.25, 0.3) is 11.0 Å². The lowest BCUT2D eigenvalue weighted by Gasteiger charge is -2.42. The van der Waals surface area contributed by atoms with Gasteiger partial charge in [-0.25, -0.2) is 14.6 Å². The molecule has 2 fully saturated rings. The Balaban J connectivity index is 1.26. The minimum atomic E-state index is -4.73. The molecule has 0 bridgehead atoms. The van der Waals surface area contributed by atoms with Crippen LogP contribution in [-0.2, 0) is 13.2 Å². The number of hydrogen-bond acceptors (Lipinski definition) is 7. The van der Waals surface area contributed by atoms with E-state index in [0.29, 0.717) is 24.1 Å². The first-order valence-electron chi connectivity index (χ1n) is 12.4. The Morgan fingerprint density at radius 3 is 2.57 bits per heavy atom. The lowest BCUT2D eigenvalue weighted by molar-refractivity contribution is -0.140. The first kappa shape index (κ1) is 25.2. The van der Waals surface area contributed by atoms with E-state index in [0.717, 1.165) is 55.7 Å². The van der Waals surface area contributed by atoms with E-state index in [4.69, 9.17) is 0 Å². The predicted octanol–water partition coefficient (Wildman–Crippen LogP) is 2.28. The van der Waals surface area contributed by atoms with E-state index in [2.05, 4.69) is 35.2 Å². The quantitative estimate of drug-likeness (QED) is 0.545. The van der Waals surface area contributed by atoms with Gasteiger partial charge in [0.15, 0.2) is 11.3 Å². The van der Waals surface area contributed by atoms with Crippen molar-refractivity contribution in [1.82, 2.24) is 34.9 Å². The molecule has 0 aromatic carbocycles. The minimum absolute atomic E-state index is 0.0486. The number of aryl methyl sites for hydroxylation is 1. The smallest absolute Gasteiger partial charge is 0.370 e. The van der Waals surface area contributed by atoms with Crippen LogP contribution >= 0.6 is 0 Å². The standard InChI is InChI=1S/C24H29F3N8O2/c1-28-22(36)17-6-5-16(12-29-17)34-10-7-15(8-11-34)35-9-3-4-14(13-35)20-30-21-18(23(37)31-20)19(24(25,26)27)32-33(21)2/h5-6,12,14-15H,3-4,7-11,13H2,1-2H3,(H,28,36)(H,30,31,37). The summed E-state index contributed by atoms with van der Waals surface area (Å²) >= 11 is 0. The number of pyridine rings is 1. The number of aromatic nitrogens is 5. The van der Waals surface area contributed by atoms with Crippen LogP contribution < -0.4 is 15.8 Å². The number of nitrogens with zero attached hydrogens (tertiary/aromatic N) is 6. The van der Waals surface area contributed by atoms with Gasteiger partial charge in [0, 0.05) is 45.7 Å². The molecule has 2 aliphatic rings. The monoisotopic (exact) mass is 518 g/mol. The molecule has 10 nitrogen and oxygen atoms in total. The molecule has 13 heteroatoms. The van der Waals surface area contributed by atoms with Gasteiger partial charge in [-0.2, -0.15) is 18.3 Å². The molecular weight excluding hydrogens is 489 g/mol. The predicted molar refractivity (Wildman–Crippen MR) is 131 cm³/mol. The van der Waals surface area contributed by atoms with E-state index in [1.807, 2.05) is 6.07 Å². The van der Waals surface area contributed by atoms with Gasteiger partial charge in [0.05, 0.1) is 11.9 Å². The van der Waals surface area contributed by atoms with Crippen molar-refractivity contribution in [2.45, 2.75) is 43.8 Å². The van der Waals surface area contributed by atoms with Crippen LogP contribution in [0, 0.1) is 0 Å². The lowest BCUT2D eigenvalue weighted by atomic mass is 9.93. The van der Waals surface area contributed by atoms with E-state index < -0.39 is 22.8 Å². The van der Waals surface area contributed by atoms with Crippen LogP contribution in [-0.4, -0.2) is 74.8 Å². The van der Waals surface area contributed by atoms with Crippen LogP contribution in [0.2, 0.25) is 0 Å². The molecule has 198 valence electrons. The fraction of sp³-hybridized carbons (Fsp3) is 0.542. The molecule has 5 rings (SSSR count). The van der Waals surface area contributed by atoms with E-state index in [-0.39, 0.29) is 17.5 Å². The normalized spacial score (nSPS) is 19.9. The summed E-state index contributed by atoms with van der Waals surface area (Å²) in [5, 5.41) is 5.56. The summed E-state index contributed by atoms with van der Waals surface area (Å²) in [4.78, 5) is 40.4. The number of hydrogen-bond donors (Lipinski definition) is 2. The Morgan fingerprint density at radius 2 is 1.92 bits per heavy atom. The summed E-state index contributed by atoms with van der Waals surface area (Å²) in [7, 11) is 2.94. The van der Waals surface area contributed by atoms with Gasteiger partial charge in [0.25, 0.3) is 11.5 Å². The third kappa shape index (κ3) is 4.91. The van der Waals surface area contributed by atoms with Crippen LogP contribution in [0.4, 0.5) is 18.9 Å². The second kappa shape index (κ2) is 9.77. The fourth-order valence-electron chi connectivity index (χ4n) is 5.45. The van der Waals surface area contributed by atoms with Crippen molar-refractivity contribution in [1.29, 1.82) is 0 Å². The zero-order valence-corrected chi connectivity index (χ0v) is 20.7. The van der Waals surface area contributed by atoms with Gasteiger partial charge in [0.1, 0.15) is 16.9 Å². The second-order valence-electron chi connectivity index (χ2n) is 9.65. The molecule has 2 aliphatic heterocycles. The molecule has 0 aliphatic carbocycles. The molecule has 0 radical (unpaired) electrons. The van der Waals surface area contributed by atoms with E-state index in [9.17, 15) is 22.8 Å². The Morgan fingerprint density at radius 1 is 1.16 bits per heavy atom. The van der Waals surface area contributed by atoms with E-state index in [1.165, 1.54) is 7.05 Å². The molecule has 1 atom stereocenters. The zero-order valence-electron chi connectivity index (χ0n) is 20.7. The number of piperidine rings is 2. The number of halogens is 3.